The number of rotatable bonds is 8. The molecule has 3 aromatic heterocycles. The van der Waals surface area contributed by atoms with Crippen molar-refractivity contribution in [3.8, 4) is 5.69 Å². The molecule has 0 fully saturated rings. The van der Waals surface area contributed by atoms with Crippen LogP contribution in [0.1, 0.15) is 54.8 Å². The first-order valence-corrected chi connectivity index (χ1v) is 13.6. The molecule has 1 atom stereocenters. The first-order valence-electron chi connectivity index (χ1n) is 11.7. The predicted molar refractivity (Wildman–Crippen MR) is 135 cm³/mol. The molecular formula is C26H28FN5O3S. The van der Waals surface area contributed by atoms with Crippen LogP contribution in [0.5, 0.6) is 0 Å². The summed E-state index contributed by atoms with van der Waals surface area (Å²) in [5.41, 5.74) is 2.92. The topological polar surface area (TPSA) is 107 Å². The number of sulfone groups is 1. The Balaban J connectivity index is 1.68. The van der Waals surface area contributed by atoms with Gasteiger partial charge < -0.3 is 5.32 Å². The van der Waals surface area contributed by atoms with Crippen LogP contribution in [0, 0.1) is 11.7 Å². The highest BCUT2D eigenvalue weighted by atomic mass is 32.2. The van der Waals surface area contributed by atoms with Gasteiger partial charge in [0.2, 0.25) is 0 Å². The molecule has 4 rings (SSSR count). The maximum Gasteiger partial charge on any atom is 0.254 e. The monoisotopic (exact) mass is 509 g/mol. The van der Waals surface area contributed by atoms with E-state index in [2.05, 4.69) is 20.4 Å². The van der Waals surface area contributed by atoms with E-state index in [0.29, 0.717) is 46.3 Å². The number of hydrogen-bond acceptors (Lipinski definition) is 6. The first-order chi connectivity index (χ1) is 17.1. The molecule has 0 saturated carbocycles. The molecule has 8 nitrogen and oxygen atoms in total. The largest absolute Gasteiger partial charge is 0.345 e. The summed E-state index contributed by atoms with van der Waals surface area (Å²) in [5.74, 6) is -0.427. The Morgan fingerprint density at radius 1 is 1.11 bits per heavy atom. The van der Waals surface area contributed by atoms with Gasteiger partial charge in [0.25, 0.3) is 5.91 Å². The standard InChI is InChI=1S/C26H28FN5O3S/c1-5-23(17-11-19(10-16(2)3)30-25(12-17)36(4,34)35)31-26(33)22-13-28-15-24-21(22)14-29-32(24)20-8-6-18(27)7-9-20/h6-9,11-16,23H,5,10H2,1-4H3,(H,31,33). The minimum atomic E-state index is -3.53. The number of hydrogen-bond donors (Lipinski definition) is 1. The molecule has 0 radical (unpaired) electrons. The molecule has 36 heavy (non-hydrogen) atoms. The number of nitrogens with zero attached hydrogens (tertiary/aromatic N) is 4. The molecule has 4 aromatic rings. The lowest BCUT2D eigenvalue weighted by atomic mass is 10.0. The van der Waals surface area contributed by atoms with Gasteiger partial charge in [-0.05, 0) is 60.7 Å². The van der Waals surface area contributed by atoms with E-state index in [9.17, 15) is 17.6 Å². The van der Waals surface area contributed by atoms with E-state index in [1.165, 1.54) is 24.4 Å². The zero-order chi connectivity index (χ0) is 26.0. The van der Waals surface area contributed by atoms with Crippen LogP contribution in [0.25, 0.3) is 16.6 Å². The second-order valence-corrected chi connectivity index (χ2v) is 11.1. The van der Waals surface area contributed by atoms with E-state index in [1.54, 1.807) is 29.2 Å². The zero-order valence-corrected chi connectivity index (χ0v) is 21.4. The Morgan fingerprint density at radius 2 is 1.83 bits per heavy atom. The number of aromatic nitrogens is 4. The van der Waals surface area contributed by atoms with Crippen molar-refractivity contribution in [1.29, 1.82) is 0 Å². The van der Waals surface area contributed by atoms with Gasteiger partial charge in [0.05, 0.1) is 35.2 Å². The summed E-state index contributed by atoms with van der Waals surface area (Å²) in [6, 6.07) is 8.82. The number of amides is 1. The quantitative estimate of drug-likeness (QED) is 0.376. The molecule has 1 unspecified atom stereocenters. The maximum absolute atomic E-state index is 13.4. The van der Waals surface area contributed by atoms with Crippen LogP contribution in [0.2, 0.25) is 0 Å². The molecule has 3 heterocycles. The molecule has 0 aliphatic carbocycles. The normalized spacial score (nSPS) is 12.7. The number of pyridine rings is 2. The van der Waals surface area contributed by atoms with Gasteiger partial charge in [-0.1, -0.05) is 20.8 Å². The van der Waals surface area contributed by atoms with Crippen LogP contribution in [0.3, 0.4) is 0 Å². The van der Waals surface area contributed by atoms with Gasteiger partial charge in [-0.25, -0.2) is 22.5 Å². The fourth-order valence-electron chi connectivity index (χ4n) is 4.06. The van der Waals surface area contributed by atoms with Crippen LogP contribution in [0.4, 0.5) is 4.39 Å². The van der Waals surface area contributed by atoms with Crippen LogP contribution in [-0.4, -0.2) is 40.3 Å². The predicted octanol–water partition coefficient (Wildman–Crippen LogP) is 4.44. The fourth-order valence-corrected chi connectivity index (χ4v) is 4.70. The van der Waals surface area contributed by atoms with Gasteiger partial charge in [-0.3, -0.25) is 9.78 Å². The molecular weight excluding hydrogens is 481 g/mol. The van der Waals surface area contributed by atoms with E-state index in [-0.39, 0.29) is 22.7 Å². The van der Waals surface area contributed by atoms with E-state index in [0.717, 1.165) is 6.26 Å². The van der Waals surface area contributed by atoms with Crippen molar-refractivity contribution >= 4 is 26.6 Å². The number of carbonyl (C=O) groups is 1. The minimum Gasteiger partial charge on any atom is -0.345 e. The van der Waals surface area contributed by atoms with Crippen LogP contribution in [-0.2, 0) is 16.3 Å². The SMILES string of the molecule is CCC(NC(=O)c1cncc2c1cnn2-c1ccc(F)cc1)c1cc(CC(C)C)nc(S(C)(=O)=O)c1. The first kappa shape index (κ1) is 25.4. The Labute approximate surface area is 209 Å². The number of carbonyl (C=O) groups excluding carboxylic acids is 1. The van der Waals surface area contributed by atoms with Crippen molar-refractivity contribution in [3.05, 3.63) is 77.6 Å². The highest BCUT2D eigenvalue weighted by molar-refractivity contribution is 7.90. The van der Waals surface area contributed by atoms with Crippen molar-refractivity contribution in [2.75, 3.05) is 6.26 Å². The highest BCUT2D eigenvalue weighted by Crippen LogP contribution is 2.25. The third-order valence-corrected chi connectivity index (χ3v) is 6.77. The van der Waals surface area contributed by atoms with Gasteiger partial charge in [-0.15, -0.1) is 0 Å². The summed E-state index contributed by atoms with van der Waals surface area (Å²) in [7, 11) is -3.53. The average molecular weight is 510 g/mol. The molecule has 1 amide bonds. The molecule has 1 aromatic carbocycles. The smallest absolute Gasteiger partial charge is 0.254 e. The van der Waals surface area contributed by atoms with Crippen molar-refractivity contribution in [2.24, 2.45) is 5.92 Å². The second kappa shape index (κ2) is 10.1. The Bertz CT molecular complexity index is 1510. The van der Waals surface area contributed by atoms with Crippen molar-refractivity contribution in [1.82, 2.24) is 25.1 Å². The molecule has 188 valence electrons. The molecule has 10 heteroatoms. The van der Waals surface area contributed by atoms with E-state index in [4.69, 9.17) is 0 Å². The summed E-state index contributed by atoms with van der Waals surface area (Å²) in [6.07, 6.45) is 6.93. The Hall–Kier alpha value is -3.66. The average Bonchev–Trinajstić information content (AvgIpc) is 3.26. The Morgan fingerprint density at radius 3 is 2.47 bits per heavy atom. The lowest BCUT2D eigenvalue weighted by molar-refractivity contribution is 0.0937. The second-order valence-electron chi connectivity index (χ2n) is 9.19. The summed E-state index contributed by atoms with van der Waals surface area (Å²) in [5, 5.41) is 7.98. The molecule has 0 bridgehead atoms. The molecule has 0 saturated heterocycles. The number of benzene rings is 1. The van der Waals surface area contributed by atoms with Crippen LogP contribution < -0.4 is 5.32 Å². The van der Waals surface area contributed by atoms with Gasteiger partial charge in [-0.2, -0.15) is 5.10 Å². The molecule has 1 N–H and O–H groups in total. The molecule has 0 aliphatic heterocycles. The van der Waals surface area contributed by atoms with Crippen molar-refractivity contribution in [3.63, 3.8) is 0 Å². The maximum atomic E-state index is 13.4. The fraction of sp³-hybridized carbons (Fsp3) is 0.308. The van der Waals surface area contributed by atoms with Gasteiger partial charge in [0, 0.05) is 23.5 Å². The third kappa shape index (κ3) is 5.43. The summed E-state index contributed by atoms with van der Waals surface area (Å²) in [6.45, 7) is 5.99. The summed E-state index contributed by atoms with van der Waals surface area (Å²) >= 11 is 0. The van der Waals surface area contributed by atoms with E-state index in [1.807, 2.05) is 26.8 Å². The lowest BCUT2D eigenvalue weighted by Gasteiger charge is -2.19. The summed E-state index contributed by atoms with van der Waals surface area (Å²) < 4.78 is 39.5. The number of halogens is 1. The minimum absolute atomic E-state index is 0.00677. The van der Waals surface area contributed by atoms with E-state index < -0.39 is 15.9 Å². The van der Waals surface area contributed by atoms with Crippen LogP contribution >= 0.6 is 0 Å². The van der Waals surface area contributed by atoms with Gasteiger partial charge >= 0.3 is 0 Å². The van der Waals surface area contributed by atoms with Crippen molar-refractivity contribution < 1.29 is 17.6 Å². The number of nitrogens with one attached hydrogen (secondary N) is 1. The van der Waals surface area contributed by atoms with Crippen LogP contribution in [0.15, 0.2) is 60.0 Å². The number of fused-ring (bicyclic) bond motifs is 1. The third-order valence-electron chi connectivity index (χ3n) is 5.80. The zero-order valence-electron chi connectivity index (χ0n) is 20.6. The summed E-state index contributed by atoms with van der Waals surface area (Å²) in [4.78, 5) is 21.9. The van der Waals surface area contributed by atoms with Crippen molar-refractivity contribution in [2.45, 2.75) is 44.7 Å². The Kier molecular flexibility index (Phi) is 7.16. The van der Waals surface area contributed by atoms with E-state index >= 15 is 0 Å². The molecule has 0 aliphatic rings. The lowest BCUT2D eigenvalue weighted by Crippen LogP contribution is -2.29. The molecule has 0 spiro atoms. The highest BCUT2D eigenvalue weighted by Gasteiger charge is 2.21. The van der Waals surface area contributed by atoms with Gasteiger partial charge in [0.1, 0.15) is 5.82 Å². The van der Waals surface area contributed by atoms with Gasteiger partial charge in [0.15, 0.2) is 14.9 Å².